The topological polar surface area (TPSA) is 58.6 Å². The van der Waals surface area contributed by atoms with Crippen molar-refractivity contribution in [2.24, 2.45) is 0 Å². The van der Waals surface area contributed by atoms with Crippen molar-refractivity contribution in [1.29, 1.82) is 0 Å². The number of rotatable bonds is 5. The van der Waals surface area contributed by atoms with E-state index in [4.69, 9.17) is 9.84 Å². The Kier molecular flexibility index (Phi) is 6.03. The van der Waals surface area contributed by atoms with Crippen LogP contribution in [0.4, 0.5) is 0 Å². The van der Waals surface area contributed by atoms with E-state index in [9.17, 15) is 4.79 Å². The Bertz CT molecular complexity index is 482. The molecule has 0 spiro atoms. The molecule has 104 valence electrons. The average molecular weight is 281 g/mol. The maximum atomic E-state index is 12.2. The standard InChI is InChI=1S/C14H19NO3S/c1-14(2,10-18-3)15-13(17)12-11(7-9-19-12)6-4-5-8-16/h7,9,16H,5,8,10H2,1-3H3,(H,15,17). The minimum absolute atomic E-state index is 0.0273. The van der Waals surface area contributed by atoms with E-state index in [-0.39, 0.29) is 12.5 Å². The summed E-state index contributed by atoms with van der Waals surface area (Å²) in [5.41, 5.74) is 0.273. The van der Waals surface area contributed by atoms with Crippen LogP contribution in [-0.2, 0) is 4.74 Å². The van der Waals surface area contributed by atoms with Gasteiger partial charge in [0.1, 0.15) is 4.88 Å². The third kappa shape index (κ3) is 5.03. The van der Waals surface area contributed by atoms with Gasteiger partial charge in [0.2, 0.25) is 0 Å². The summed E-state index contributed by atoms with van der Waals surface area (Å²) < 4.78 is 5.07. The fourth-order valence-electron chi connectivity index (χ4n) is 1.56. The molecule has 0 fully saturated rings. The van der Waals surface area contributed by atoms with Crippen LogP contribution in [0, 0.1) is 11.8 Å². The third-order valence-electron chi connectivity index (χ3n) is 2.29. The molecule has 0 aliphatic rings. The molecule has 5 heteroatoms. The van der Waals surface area contributed by atoms with E-state index in [0.29, 0.717) is 23.5 Å². The van der Waals surface area contributed by atoms with Crippen molar-refractivity contribution in [1.82, 2.24) is 5.32 Å². The Morgan fingerprint density at radius 3 is 2.95 bits per heavy atom. The number of carbonyl (C=O) groups excluding carboxylic acids is 1. The smallest absolute Gasteiger partial charge is 0.263 e. The molecular weight excluding hydrogens is 262 g/mol. The van der Waals surface area contributed by atoms with Crippen molar-refractivity contribution in [3.05, 3.63) is 21.9 Å². The van der Waals surface area contributed by atoms with Crippen LogP contribution in [0.3, 0.4) is 0 Å². The number of ether oxygens (including phenoxy) is 1. The molecule has 19 heavy (non-hydrogen) atoms. The molecule has 0 saturated heterocycles. The summed E-state index contributed by atoms with van der Waals surface area (Å²) in [7, 11) is 1.60. The van der Waals surface area contributed by atoms with E-state index in [1.165, 1.54) is 11.3 Å². The normalized spacial score (nSPS) is 10.7. The van der Waals surface area contributed by atoms with Gasteiger partial charge in [0.15, 0.2) is 0 Å². The van der Waals surface area contributed by atoms with E-state index in [1.807, 2.05) is 25.3 Å². The van der Waals surface area contributed by atoms with Crippen LogP contribution in [0.1, 0.15) is 35.5 Å². The molecule has 0 aliphatic carbocycles. The molecule has 1 heterocycles. The van der Waals surface area contributed by atoms with E-state index < -0.39 is 5.54 Å². The lowest BCUT2D eigenvalue weighted by Gasteiger charge is -2.24. The number of carbonyl (C=O) groups is 1. The Balaban J connectivity index is 2.79. The largest absolute Gasteiger partial charge is 0.395 e. The first kappa shape index (κ1) is 15.7. The van der Waals surface area contributed by atoms with E-state index in [2.05, 4.69) is 17.2 Å². The van der Waals surface area contributed by atoms with Crippen molar-refractivity contribution >= 4 is 17.2 Å². The van der Waals surface area contributed by atoms with Crippen molar-refractivity contribution in [2.45, 2.75) is 25.8 Å². The van der Waals surface area contributed by atoms with Crippen LogP contribution in [0.5, 0.6) is 0 Å². The lowest BCUT2D eigenvalue weighted by Crippen LogP contribution is -2.46. The second kappa shape index (κ2) is 7.29. The molecular formula is C14H19NO3S. The monoisotopic (exact) mass is 281 g/mol. The highest BCUT2D eigenvalue weighted by atomic mass is 32.1. The van der Waals surface area contributed by atoms with Crippen LogP contribution in [-0.4, -0.2) is 36.9 Å². The Morgan fingerprint density at radius 2 is 2.32 bits per heavy atom. The molecule has 0 atom stereocenters. The van der Waals surface area contributed by atoms with Crippen LogP contribution < -0.4 is 5.32 Å². The van der Waals surface area contributed by atoms with Gasteiger partial charge in [-0.1, -0.05) is 11.8 Å². The van der Waals surface area contributed by atoms with E-state index in [1.54, 1.807) is 7.11 Å². The summed E-state index contributed by atoms with van der Waals surface area (Å²) >= 11 is 1.36. The average Bonchev–Trinajstić information content (AvgIpc) is 2.77. The Morgan fingerprint density at radius 1 is 1.58 bits per heavy atom. The van der Waals surface area contributed by atoms with Crippen molar-refractivity contribution in [3.63, 3.8) is 0 Å². The molecule has 0 radical (unpaired) electrons. The summed E-state index contributed by atoms with van der Waals surface area (Å²) in [5.74, 6) is 5.58. The van der Waals surface area contributed by atoms with Gasteiger partial charge in [-0.15, -0.1) is 11.3 Å². The summed E-state index contributed by atoms with van der Waals surface area (Å²) in [6, 6.07) is 1.81. The van der Waals surface area contributed by atoms with E-state index in [0.717, 1.165) is 0 Å². The molecule has 0 unspecified atom stereocenters. The molecule has 1 rings (SSSR count). The van der Waals surface area contributed by atoms with Gasteiger partial charge in [-0.3, -0.25) is 4.79 Å². The highest BCUT2D eigenvalue weighted by Crippen LogP contribution is 2.17. The maximum absolute atomic E-state index is 12.2. The first-order chi connectivity index (χ1) is 9.00. The zero-order valence-electron chi connectivity index (χ0n) is 11.4. The zero-order valence-corrected chi connectivity index (χ0v) is 12.3. The molecule has 0 aromatic carbocycles. The van der Waals surface area contributed by atoms with Crippen LogP contribution in [0.2, 0.25) is 0 Å². The number of hydrogen-bond donors (Lipinski definition) is 2. The SMILES string of the molecule is COCC(C)(C)NC(=O)c1sccc1C#CCCO. The number of aliphatic hydroxyl groups excluding tert-OH is 1. The minimum atomic E-state index is -0.425. The third-order valence-corrected chi connectivity index (χ3v) is 3.20. The van der Waals surface area contributed by atoms with Gasteiger partial charge in [0.05, 0.1) is 18.8 Å². The first-order valence-corrected chi connectivity index (χ1v) is 6.87. The zero-order chi connectivity index (χ0) is 14.3. The number of methoxy groups -OCH3 is 1. The molecule has 4 nitrogen and oxygen atoms in total. The van der Waals surface area contributed by atoms with Gasteiger partial charge in [0.25, 0.3) is 5.91 Å². The predicted molar refractivity (Wildman–Crippen MR) is 76.3 cm³/mol. The molecule has 1 aromatic rings. The maximum Gasteiger partial charge on any atom is 0.263 e. The second-order valence-corrected chi connectivity index (χ2v) is 5.63. The summed E-state index contributed by atoms with van der Waals surface area (Å²) in [6.45, 7) is 4.27. The Hall–Kier alpha value is -1.35. The van der Waals surface area contributed by atoms with Gasteiger partial charge in [-0.05, 0) is 25.3 Å². The molecule has 2 N–H and O–H groups in total. The van der Waals surface area contributed by atoms with Gasteiger partial charge in [0, 0.05) is 19.1 Å². The van der Waals surface area contributed by atoms with Crippen LogP contribution in [0.25, 0.3) is 0 Å². The Labute approximate surface area is 117 Å². The number of nitrogens with one attached hydrogen (secondary N) is 1. The van der Waals surface area contributed by atoms with Gasteiger partial charge >= 0.3 is 0 Å². The quantitative estimate of drug-likeness (QED) is 0.807. The first-order valence-electron chi connectivity index (χ1n) is 5.99. The highest BCUT2D eigenvalue weighted by molar-refractivity contribution is 7.12. The minimum Gasteiger partial charge on any atom is -0.395 e. The second-order valence-electron chi connectivity index (χ2n) is 4.71. The highest BCUT2D eigenvalue weighted by Gasteiger charge is 2.22. The molecule has 0 saturated carbocycles. The summed E-state index contributed by atoms with van der Waals surface area (Å²) in [4.78, 5) is 12.8. The number of amides is 1. The van der Waals surface area contributed by atoms with E-state index >= 15 is 0 Å². The molecule has 0 aliphatic heterocycles. The fourth-order valence-corrected chi connectivity index (χ4v) is 2.30. The lowest BCUT2D eigenvalue weighted by molar-refractivity contribution is 0.0823. The van der Waals surface area contributed by atoms with Crippen LogP contribution >= 0.6 is 11.3 Å². The van der Waals surface area contributed by atoms with Crippen molar-refractivity contribution in [2.75, 3.05) is 20.3 Å². The molecule has 1 amide bonds. The lowest BCUT2D eigenvalue weighted by atomic mass is 10.1. The van der Waals surface area contributed by atoms with Gasteiger partial charge in [-0.25, -0.2) is 0 Å². The number of thiophene rings is 1. The summed E-state index contributed by atoms with van der Waals surface area (Å²) in [6.07, 6.45) is 0.409. The van der Waals surface area contributed by atoms with Crippen molar-refractivity contribution < 1.29 is 14.6 Å². The number of hydrogen-bond acceptors (Lipinski definition) is 4. The van der Waals surface area contributed by atoms with Gasteiger partial charge in [-0.2, -0.15) is 0 Å². The number of aliphatic hydroxyl groups is 1. The van der Waals surface area contributed by atoms with Crippen molar-refractivity contribution in [3.8, 4) is 11.8 Å². The van der Waals surface area contributed by atoms with Gasteiger partial charge < -0.3 is 15.2 Å². The molecule has 1 aromatic heterocycles. The fraction of sp³-hybridized carbons (Fsp3) is 0.500. The predicted octanol–water partition coefficient (Wildman–Crippen LogP) is 1.64. The summed E-state index contributed by atoms with van der Waals surface area (Å²) in [5, 5.41) is 13.4. The molecule has 0 bridgehead atoms. The van der Waals surface area contributed by atoms with Crippen LogP contribution in [0.15, 0.2) is 11.4 Å².